The number of amides is 3. The Labute approximate surface area is 146 Å². The predicted octanol–water partition coefficient (Wildman–Crippen LogP) is 0.780. The topological polar surface area (TPSA) is 105 Å². The van der Waals surface area contributed by atoms with Crippen molar-refractivity contribution in [2.24, 2.45) is 5.92 Å². The second-order valence-corrected chi connectivity index (χ2v) is 8.59. The summed E-state index contributed by atoms with van der Waals surface area (Å²) in [4.78, 5) is 23.9. The van der Waals surface area contributed by atoms with Gasteiger partial charge in [0.1, 0.15) is 11.3 Å². The van der Waals surface area contributed by atoms with E-state index in [0.29, 0.717) is 30.3 Å². The van der Waals surface area contributed by atoms with E-state index in [1.165, 1.54) is 36.5 Å². The zero-order valence-corrected chi connectivity index (χ0v) is 15.1. The third-order valence-electron chi connectivity index (χ3n) is 4.78. The molecule has 2 atom stereocenters. The standard InChI is InChI=1S/C16H21N3O5S/c1-10-6-7-19(9-10)25(22,23)11-4-5-13(24-3)12(8-11)16(2)14(20)17-15(21)18-16/h4-5,8,10H,6-7,9H2,1-3H3,(H2,17,18,20,21). The summed E-state index contributed by atoms with van der Waals surface area (Å²) >= 11 is 0. The largest absolute Gasteiger partial charge is 0.496 e. The smallest absolute Gasteiger partial charge is 0.322 e. The highest BCUT2D eigenvalue weighted by molar-refractivity contribution is 7.89. The highest BCUT2D eigenvalue weighted by atomic mass is 32.2. The summed E-state index contributed by atoms with van der Waals surface area (Å²) in [5.74, 6) is 0.0821. The van der Waals surface area contributed by atoms with Gasteiger partial charge in [-0.3, -0.25) is 10.1 Å². The molecule has 1 aromatic rings. The Morgan fingerprint density at radius 1 is 1.32 bits per heavy atom. The van der Waals surface area contributed by atoms with Crippen molar-refractivity contribution in [2.45, 2.75) is 30.7 Å². The van der Waals surface area contributed by atoms with E-state index in [9.17, 15) is 18.0 Å². The molecule has 2 fully saturated rings. The predicted molar refractivity (Wildman–Crippen MR) is 89.6 cm³/mol. The van der Waals surface area contributed by atoms with Gasteiger partial charge in [-0.2, -0.15) is 4.31 Å². The maximum atomic E-state index is 12.9. The molecule has 8 nitrogen and oxygen atoms in total. The van der Waals surface area contributed by atoms with Crippen molar-refractivity contribution in [1.29, 1.82) is 0 Å². The van der Waals surface area contributed by atoms with Crippen LogP contribution in [0.2, 0.25) is 0 Å². The number of nitrogens with one attached hydrogen (secondary N) is 2. The molecule has 2 saturated heterocycles. The van der Waals surface area contributed by atoms with Crippen molar-refractivity contribution in [3.05, 3.63) is 23.8 Å². The van der Waals surface area contributed by atoms with Gasteiger partial charge in [0.15, 0.2) is 0 Å². The fraction of sp³-hybridized carbons (Fsp3) is 0.500. The summed E-state index contributed by atoms with van der Waals surface area (Å²) < 4.78 is 32.5. The van der Waals surface area contributed by atoms with Crippen molar-refractivity contribution in [1.82, 2.24) is 14.9 Å². The molecule has 9 heteroatoms. The van der Waals surface area contributed by atoms with Gasteiger partial charge in [0.05, 0.1) is 12.0 Å². The van der Waals surface area contributed by atoms with E-state index in [1.807, 2.05) is 6.92 Å². The van der Waals surface area contributed by atoms with Gasteiger partial charge >= 0.3 is 6.03 Å². The van der Waals surface area contributed by atoms with Crippen LogP contribution in [0.15, 0.2) is 23.1 Å². The summed E-state index contributed by atoms with van der Waals surface area (Å²) in [6.45, 7) is 4.46. The second kappa shape index (κ2) is 5.99. The first-order valence-corrected chi connectivity index (χ1v) is 9.45. The molecule has 2 aliphatic rings. The maximum Gasteiger partial charge on any atom is 0.322 e. The number of carbonyl (C=O) groups excluding carboxylic acids is 2. The lowest BCUT2D eigenvalue weighted by molar-refractivity contribution is -0.123. The molecule has 136 valence electrons. The van der Waals surface area contributed by atoms with Crippen LogP contribution >= 0.6 is 0 Å². The van der Waals surface area contributed by atoms with E-state index < -0.39 is 27.5 Å². The van der Waals surface area contributed by atoms with Gasteiger partial charge < -0.3 is 10.1 Å². The fourth-order valence-corrected chi connectivity index (χ4v) is 4.83. The quantitative estimate of drug-likeness (QED) is 0.765. The molecule has 2 heterocycles. The number of imide groups is 1. The number of ether oxygens (including phenoxy) is 1. The Balaban J connectivity index is 2.07. The Morgan fingerprint density at radius 3 is 2.56 bits per heavy atom. The minimum Gasteiger partial charge on any atom is -0.496 e. The third kappa shape index (κ3) is 2.87. The number of rotatable bonds is 4. The summed E-state index contributed by atoms with van der Waals surface area (Å²) in [5.41, 5.74) is -1.10. The number of benzene rings is 1. The maximum absolute atomic E-state index is 12.9. The van der Waals surface area contributed by atoms with Crippen LogP contribution in [0, 0.1) is 5.92 Å². The van der Waals surface area contributed by atoms with Gasteiger partial charge in [-0.05, 0) is 37.5 Å². The minimum atomic E-state index is -3.67. The van der Waals surface area contributed by atoms with E-state index in [2.05, 4.69) is 10.6 Å². The molecule has 3 rings (SSSR count). The summed E-state index contributed by atoms with van der Waals surface area (Å²) in [5, 5.41) is 4.71. The van der Waals surface area contributed by atoms with Crippen molar-refractivity contribution < 1.29 is 22.7 Å². The van der Waals surface area contributed by atoms with Gasteiger partial charge in [0.2, 0.25) is 10.0 Å². The molecule has 2 N–H and O–H groups in total. The van der Waals surface area contributed by atoms with E-state index in [4.69, 9.17) is 4.74 Å². The van der Waals surface area contributed by atoms with Gasteiger partial charge in [-0.1, -0.05) is 6.92 Å². The first-order valence-electron chi connectivity index (χ1n) is 8.00. The van der Waals surface area contributed by atoms with Crippen LogP contribution in [-0.2, 0) is 20.4 Å². The zero-order chi connectivity index (χ0) is 18.4. The van der Waals surface area contributed by atoms with E-state index in [0.717, 1.165) is 6.42 Å². The molecule has 1 aromatic carbocycles. The molecule has 0 aliphatic carbocycles. The summed E-state index contributed by atoms with van der Waals surface area (Å²) in [6.07, 6.45) is 0.818. The molecule has 0 aromatic heterocycles. The molecule has 3 amide bonds. The number of sulfonamides is 1. The van der Waals surface area contributed by atoms with Crippen molar-refractivity contribution in [2.75, 3.05) is 20.2 Å². The zero-order valence-electron chi connectivity index (χ0n) is 14.3. The second-order valence-electron chi connectivity index (χ2n) is 6.65. The van der Waals surface area contributed by atoms with Crippen LogP contribution < -0.4 is 15.4 Å². The molecule has 0 radical (unpaired) electrons. The van der Waals surface area contributed by atoms with Crippen LogP contribution in [0.4, 0.5) is 4.79 Å². The van der Waals surface area contributed by atoms with Crippen molar-refractivity contribution in [3.8, 4) is 5.75 Å². The molecule has 2 aliphatic heterocycles. The lowest BCUT2D eigenvalue weighted by Crippen LogP contribution is -2.41. The van der Waals surface area contributed by atoms with E-state index in [1.54, 1.807) is 0 Å². The van der Waals surface area contributed by atoms with Gasteiger partial charge in [0, 0.05) is 18.7 Å². The number of hydrogen-bond acceptors (Lipinski definition) is 5. The van der Waals surface area contributed by atoms with Gasteiger partial charge in [0.25, 0.3) is 5.91 Å². The van der Waals surface area contributed by atoms with Crippen LogP contribution in [0.5, 0.6) is 5.75 Å². The fourth-order valence-electron chi connectivity index (χ4n) is 3.23. The summed E-state index contributed by atoms with van der Waals surface area (Å²) in [6, 6.07) is 3.74. The van der Waals surface area contributed by atoms with E-state index >= 15 is 0 Å². The van der Waals surface area contributed by atoms with Crippen molar-refractivity contribution in [3.63, 3.8) is 0 Å². The molecular weight excluding hydrogens is 346 g/mol. The number of carbonyl (C=O) groups is 2. The molecular formula is C16H21N3O5S. The minimum absolute atomic E-state index is 0.0765. The van der Waals surface area contributed by atoms with Crippen LogP contribution in [0.1, 0.15) is 25.8 Å². The Hall–Kier alpha value is -2.13. The first-order chi connectivity index (χ1) is 11.7. The van der Waals surface area contributed by atoms with Crippen LogP contribution in [0.25, 0.3) is 0 Å². The average molecular weight is 367 g/mol. The Bertz CT molecular complexity index is 838. The van der Waals surface area contributed by atoms with E-state index in [-0.39, 0.29) is 4.90 Å². The van der Waals surface area contributed by atoms with Crippen LogP contribution in [0.3, 0.4) is 0 Å². The Morgan fingerprint density at radius 2 is 2.04 bits per heavy atom. The normalized spacial score (nSPS) is 27.2. The van der Waals surface area contributed by atoms with Crippen molar-refractivity contribution >= 4 is 22.0 Å². The highest BCUT2D eigenvalue weighted by Crippen LogP contribution is 2.35. The molecule has 0 bridgehead atoms. The Kier molecular flexibility index (Phi) is 4.24. The highest BCUT2D eigenvalue weighted by Gasteiger charge is 2.46. The molecule has 25 heavy (non-hydrogen) atoms. The third-order valence-corrected chi connectivity index (χ3v) is 6.64. The number of urea groups is 1. The number of nitrogens with zero attached hydrogens (tertiary/aromatic N) is 1. The molecule has 0 spiro atoms. The number of hydrogen-bond donors (Lipinski definition) is 2. The molecule has 0 saturated carbocycles. The lowest BCUT2D eigenvalue weighted by atomic mass is 9.91. The first kappa shape index (κ1) is 17.7. The number of methoxy groups -OCH3 is 1. The monoisotopic (exact) mass is 367 g/mol. The van der Waals surface area contributed by atoms with Gasteiger partial charge in [-0.25, -0.2) is 13.2 Å². The van der Waals surface area contributed by atoms with Gasteiger partial charge in [-0.15, -0.1) is 0 Å². The summed E-state index contributed by atoms with van der Waals surface area (Å²) in [7, 11) is -2.25. The molecule has 2 unspecified atom stereocenters. The average Bonchev–Trinajstić information content (AvgIpc) is 3.11. The lowest BCUT2D eigenvalue weighted by Gasteiger charge is -2.25. The SMILES string of the molecule is COc1ccc(S(=O)(=O)N2CCC(C)C2)cc1C1(C)NC(=O)NC1=O. The van der Waals surface area contributed by atoms with Crippen LogP contribution in [-0.4, -0.2) is 44.9 Å².